The zero-order valence-electron chi connectivity index (χ0n) is 14.6. The van der Waals surface area contributed by atoms with Crippen molar-refractivity contribution < 1.29 is 0 Å². The van der Waals surface area contributed by atoms with Crippen molar-refractivity contribution in [3.8, 4) is 0 Å². The summed E-state index contributed by atoms with van der Waals surface area (Å²) in [6, 6.07) is 0. The van der Waals surface area contributed by atoms with Crippen LogP contribution >= 0.6 is 25.3 Å². The van der Waals surface area contributed by atoms with Crippen molar-refractivity contribution in [2.75, 3.05) is 0 Å². The van der Waals surface area contributed by atoms with E-state index in [4.69, 9.17) is 25.3 Å². The van der Waals surface area contributed by atoms with Crippen LogP contribution in [0.3, 0.4) is 0 Å². The van der Waals surface area contributed by atoms with Gasteiger partial charge in [0.25, 0.3) is 0 Å². The van der Waals surface area contributed by atoms with Crippen molar-refractivity contribution in [3.05, 3.63) is 36.6 Å². The first-order valence-corrected chi connectivity index (χ1v) is 8.32. The lowest BCUT2D eigenvalue weighted by atomic mass is 9.83. The minimum atomic E-state index is -0.474. The van der Waals surface area contributed by atoms with Gasteiger partial charge in [0, 0.05) is 10.4 Å². The molecule has 2 atom stereocenters. The van der Waals surface area contributed by atoms with Gasteiger partial charge in [0.15, 0.2) is 0 Å². The van der Waals surface area contributed by atoms with E-state index in [0.29, 0.717) is 0 Å². The minimum Gasteiger partial charge on any atom is -0.370 e. The van der Waals surface area contributed by atoms with Gasteiger partial charge in [-0.1, -0.05) is 39.5 Å². The largest absolute Gasteiger partial charge is 0.370 e. The molecule has 0 radical (unpaired) electrons. The molecule has 0 aromatic heterocycles. The Bertz CT molecular complexity index is 415. The molecule has 0 saturated heterocycles. The first kappa shape index (κ1) is 20.7. The maximum atomic E-state index is 4.82. The average Bonchev–Trinajstić information content (AvgIpc) is 2.22. The van der Waals surface area contributed by atoms with Gasteiger partial charge in [0.05, 0.1) is 0 Å². The first-order valence-electron chi connectivity index (χ1n) is 7.42. The van der Waals surface area contributed by atoms with Crippen molar-refractivity contribution in [1.82, 2.24) is 5.32 Å². The monoisotopic (exact) mass is 327 g/mol. The second-order valence-electron chi connectivity index (χ2n) is 7.71. The second kappa shape index (κ2) is 7.32. The quantitative estimate of drug-likeness (QED) is 0.292. The molecule has 0 aliphatic heterocycles. The van der Waals surface area contributed by atoms with Gasteiger partial charge in [-0.2, -0.15) is 12.6 Å². The molecule has 2 unspecified atom stereocenters. The Labute approximate surface area is 143 Å². The zero-order chi connectivity index (χ0) is 17.1. The van der Waals surface area contributed by atoms with Crippen LogP contribution in [0.25, 0.3) is 0 Å². The predicted molar refractivity (Wildman–Crippen MR) is 104 cm³/mol. The fourth-order valence-electron chi connectivity index (χ4n) is 2.30. The molecule has 0 spiro atoms. The maximum Gasteiger partial charge on any atom is 0.102 e. The van der Waals surface area contributed by atoms with Crippen LogP contribution < -0.4 is 5.32 Å². The molecule has 0 saturated carbocycles. The van der Waals surface area contributed by atoms with Crippen molar-refractivity contribution in [1.29, 1.82) is 0 Å². The third-order valence-electron chi connectivity index (χ3n) is 3.50. The summed E-state index contributed by atoms with van der Waals surface area (Å²) >= 11 is 9.65. The molecule has 0 fully saturated rings. The molecule has 21 heavy (non-hydrogen) atoms. The number of allylic oxidation sites excluding steroid dienone is 1. The highest BCUT2D eigenvalue weighted by Gasteiger charge is 2.34. The summed E-state index contributed by atoms with van der Waals surface area (Å²) in [5.41, 5.74) is 3.19. The van der Waals surface area contributed by atoms with Gasteiger partial charge < -0.3 is 5.32 Å². The number of thiol groups is 2. The van der Waals surface area contributed by atoms with Crippen molar-refractivity contribution in [3.63, 3.8) is 0 Å². The molecule has 0 aromatic rings. The highest BCUT2D eigenvalue weighted by molar-refractivity contribution is 7.82. The van der Waals surface area contributed by atoms with E-state index >= 15 is 0 Å². The van der Waals surface area contributed by atoms with Crippen molar-refractivity contribution in [2.45, 2.75) is 70.4 Å². The highest BCUT2D eigenvalue weighted by Crippen LogP contribution is 2.38. The summed E-state index contributed by atoms with van der Waals surface area (Å²) < 4.78 is -0.301. The molecule has 0 amide bonds. The molecule has 122 valence electrons. The molecule has 0 rings (SSSR count). The van der Waals surface area contributed by atoms with Gasteiger partial charge in [0.2, 0.25) is 0 Å². The number of nitrogens with one attached hydrogen (secondary N) is 1. The highest BCUT2D eigenvalue weighted by atomic mass is 32.1. The van der Waals surface area contributed by atoms with Gasteiger partial charge in [-0.25, -0.2) is 0 Å². The van der Waals surface area contributed by atoms with Crippen LogP contribution in [0, 0.1) is 5.41 Å². The zero-order valence-corrected chi connectivity index (χ0v) is 16.4. The van der Waals surface area contributed by atoms with Crippen LogP contribution in [0.4, 0.5) is 0 Å². The Kier molecular flexibility index (Phi) is 7.23. The number of hydrogen-bond donors (Lipinski definition) is 3. The van der Waals surface area contributed by atoms with E-state index in [-0.39, 0.29) is 10.2 Å². The number of hydrogen-bond acceptors (Lipinski definition) is 3. The average molecular weight is 328 g/mol. The van der Waals surface area contributed by atoms with E-state index in [9.17, 15) is 0 Å². The van der Waals surface area contributed by atoms with E-state index in [1.54, 1.807) is 0 Å². The summed E-state index contributed by atoms with van der Waals surface area (Å²) in [6.07, 6.45) is 2.66. The fourth-order valence-corrected chi connectivity index (χ4v) is 3.08. The topological polar surface area (TPSA) is 12.0 Å². The van der Waals surface area contributed by atoms with Gasteiger partial charge in [0.1, 0.15) is 4.87 Å². The molecule has 0 heterocycles. The third kappa shape index (κ3) is 7.51. The van der Waals surface area contributed by atoms with Crippen LogP contribution in [0.2, 0.25) is 0 Å². The van der Waals surface area contributed by atoms with Crippen LogP contribution in [-0.4, -0.2) is 9.62 Å². The summed E-state index contributed by atoms with van der Waals surface area (Å²) in [5.74, 6) is 0. The second-order valence-corrected chi connectivity index (χ2v) is 9.46. The summed E-state index contributed by atoms with van der Waals surface area (Å²) in [4.78, 5) is -0.474. The van der Waals surface area contributed by atoms with Crippen molar-refractivity contribution >= 4 is 25.3 Å². The molecule has 1 nitrogen and oxygen atoms in total. The Balaban J connectivity index is 5.05. The van der Waals surface area contributed by atoms with Crippen LogP contribution in [0.5, 0.6) is 0 Å². The van der Waals surface area contributed by atoms with Crippen LogP contribution in [-0.2, 0) is 0 Å². The molecule has 0 aliphatic rings. The predicted octanol–water partition coefficient (Wildman–Crippen LogP) is 5.77. The van der Waals surface area contributed by atoms with Crippen LogP contribution in [0.1, 0.15) is 60.8 Å². The van der Waals surface area contributed by atoms with E-state index in [2.05, 4.69) is 52.7 Å². The molecule has 3 heteroatoms. The standard InChI is InChI=1S/C18H33NS2/c1-13(2)10-11-18(21,14(3)4)19-15(5)17(9,20)12-16(6,7)8/h19-21H,1,3,5,10-12H2,2,4,6-9H3. The van der Waals surface area contributed by atoms with Gasteiger partial charge in [-0.05, 0) is 51.0 Å². The SMILES string of the molecule is C=C(C)CCC(S)(NC(=C)C(C)(S)CC(C)(C)C)C(=C)C. The summed E-state index contributed by atoms with van der Waals surface area (Å²) in [7, 11) is 0. The van der Waals surface area contributed by atoms with E-state index in [1.807, 2.05) is 13.8 Å². The summed E-state index contributed by atoms with van der Waals surface area (Å²) in [5, 5.41) is 3.46. The smallest absolute Gasteiger partial charge is 0.102 e. The lowest BCUT2D eigenvalue weighted by Crippen LogP contribution is -2.45. The van der Waals surface area contributed by atoms with Gasteiger partial charge in [-0.15, -0.1) is 19.2 Å². The molecule has 0 aliphatic carbocycles. The Morgan fingerprint density at radius 1 is 1.00 bits per heavy atom. The molecule has 1 N–H and O–H groups in total. The summed E-state index contributed by atoms with van der Waals surface area (Å²) in [6.45, 7) is 25.0. The van der Waals surface area contributed by atoms with E-state index in [0.717, 1.165) is 36.1 Å². The fraction of sp³-hybridized carbons (Fsp3) is 0.667. The molecular weight excluding hydrogens is 294 g/mol. The van der Waals surface area contributed by atoms with E-state index < -0.39 is 4.87 Å². The Morgan fingerprint density at radius 3 is 1.81 bits per heavy atom. The Hall–Kier alpha value is -0.280. The molecule has 0 bridgehead atoms. The number of rotatable bonds is 8. The first-order chi connectivity index (χ1) is 9.19. The molecule has 0 aromatic carbocycles. The van der Waals surface area contributed by atoms with Gasteiger partial charge in [-0.3, -0.25) is 0 Å². The van der Waals surface area contributed by atoms with Crippen molar-refractivity contribution in [2.24, 2.45) is 5.41 Å². The third-order valence-corrected chi connectivity index (χ3v) is 4.65. The lowest BCUT2D eigenvalue weighted by molar-refractivity contribution is 0.337. The Morgan fingerprint density at radius 2 is 1.48 bits per heavy atom. The van der Waals surface area contributed by atoms with Gasteiger partial charge >= 0.3 is 0 Å². The van der Waals surface area contributed by atoms with E-state index in [1.165, 1.54) is 0 Å². The molecular formula is C18H33NS2. The van der Waals surface area contributed by atoms with Crippen LogP contribution in [0.15, 0.2) is 36.6 Å². The lowest BCUT2D eigenvalue weighted by Gasteiger charge is -2.40. The minimum absolute atomic E-state index is 0.182. The normalized spacial score (nSPS) is 17.5. The maximum absolute atomic E-state index is 4.82.